The van der Waals surface area contributed by atoms with Gasteiger partial charge in [0.2, 0.25) is 0 Å². The lowest BCUT2D eigenvalue weighted by Crippen LogP contribution is -1.93. The first-order valence-electron chi connectivity index (χ1n) is 5.39. The third-order valence-electron chi connectivity index (χ3n) is 2.52. The zero-order valence-electron chi connectivity index (χ0n) is 9.89. The molecule has 0 aromatic heterocycles. The third-order valence-corrected chi connectivity index (χ3v) is 2.77. The second-order valence-electron chi connectivity index (χ2n) is 3.94. The van der Waals surface area contributed by atoms with Gasteiger partial charge in [0.05, 0.1) is 11.4 Å². The van der Waals surface area contributed by atoms with Gasteiger partial charge in [-0.3, -0.25) is 0 Å². The van der Waals surface area contributed by atoms with Crippen molar-refractivity contribution in [3.05, 3.63) is 47.0 Å². The summed E-state index contributed by atoms with van der Waals surface area (Å²) in [5, 5.41) is 8.87. The molecule has 5 heteroatoms. The molecule has 2 aromatic carbocycles. The zero-order valence-corrected chi connectivity index (χ0v) is 10.6. The average Bonchev–Trinajstić information content (AvgIpc) is 2.34. The minimum absolute atomic E-state index is 0.510. The summed E-state index contributed by atoms with van der Waals surface area (Å²) in [4.78, 5) is 0. The molecular formula is C13H13ClN4. The van der Waals surface area contributed by atoms with Crippen LogP contribution in [0.15, 0.2) is 46.6 Å². The van der Waals surface area contributed by atoms with E-state index in [1.54, 1.807) is 30.3 Å². The Morgan fingerprint density at radius 2 is 1.61 bits per heavy atom. The van der Waals surface area contributed by atoms with Crippen molar-refractivity contribution in [3.8, 4) is 0 Å². The first kappa shape index (κ1) is 12.4. The molecule has 0 amide bonds. The lowest BCUT2D eigenvalue weighted by atomic mass is 10.1. The highest BCUT2D eigenvalue weighted by Gasteiger charge is 2.01. The molecule has 0 atom stereocenters. The Labute approximate surface area is 110 Å². The first-order chi connectivity index (χ1) is 8.56. The largest absolute Gasteiger partial charge is 0.398 e. The molecule has 0 fully saturated rings. The molecule has 4 nitrogen and oxygen atoms in total. The van der Waals surface area contributed by atoms with E-state index < -0.39 is 0 Å². The van der Waals surface area contributed by atoms with Crippen LogP contribution in [-0.2, 0) is 0 Å². The van der Waals surface area contributed by atoms with E-state index in [0.717, 1.165) is 5.56 Å². The maximum absolute atomic E-state index is 5.82. The minimum Gasteiger partial charge on any atom is -0.398 e. The smallest absolute Gasteiger partial charge is 0.109 e. The molecule has 4 N–H and O–H groups in total. The van der Waals surface area contributed by atoms with Crippen LogP contribution in [0.4, 0.5) is 22.7 Å². The third kappa shape index (κ3) is 2.78. The van der Waals surface area contributed by atoms with Gasteiger partial charge < -0.3 is 11.5 Å². The fourth-order valence-corrected chi connectivity index (χ4v) is 1.56. The summed E-state index contributed by atoms with van der Waals surface area (Å²) in [7, 11) is 0. The van der Waals surface area contributed by atoms with Crippen LogP contribution in [0.3, 0.4) is 0 Å². The summed E-state index contributed by atoms with van der Waals surface area (Å²) in [6, 6.07) is 10.6. The van der Waals surface area contributed by atoms with Crippen molar-refractivity contribution in [2.45, 2.75) is 6.92 Å². The van der Waals surface area contributed by atoms with Crippen molar-refractivity contribution in [1.29, 1.82) is 0 Å². The van der Waals surface area contributed by atoms with Crippen molar-refractivity contribution < 1.29 is 0 Å². The van der Waals surface area contributed by atoms with Gasteiger partial charge in [0.15, 0.2) is 0 Å². The molecule has 0 unspecified atom stereocenters. The SMILES string of the molecule is Cc1cc(N=Nc2ccc(Cl)cc2)c(N)cc1N. The molecule has 0 saturated carbocycles. The van der Waals surface area contributed by atoms with Crippen LogP contribution in [0, 0.1) is 6.92 Å². The molecule has 0 bridgehead atoms. The van der Waals surface area contributed by atoms with Gasteiger partial charge in [-0.25, -0.2) is 0 Å². The highest BCUT2D eigenvalue weighted by Crippen LogP contribution is 2.29. The van der Waals surface area contributed by atoms with Gasteiger partial charge in [-0.1, -0.05) is 11.6 Å². The number of aryl methyl sites for hydroxylation is 1. The fraction of sp³-hybridized carbons (Fsp3) is 0.0769. The van der Waals surface area contributed by atoms with Crippen molar-refractivity contribution >= 4 is 34.4 Å². The maximum Gasteiger partial charge on any atom is 0.109 e. The van der Waals surface area contributed by atoms with Crippen molar-refractivity contribution in [3.63, 3.8) is 0 Å². The quantitative estimate of drug-likeness (QED) is 0.626. The minimum atomic E-state index is 0.510. The van der Waals surface area contributed by atoms with Gasteiger partial charge in [-0.15, -0.1) is 5.11 Å². The van der Waals surface area contributed by atoms with E-state index in [2.05, 4.69) is 10.2 Å². The number of nitrogens with two attached hydrogens (primary N) is 2. The van der Waals surface area contributed by atoms with E-state index in [4.69, 9.17) is 23.1 Å². The number of halogens is 1. The average molecular weight is 261 g/mol. The van der Waals surface area contributed by atoms with Crippen molar-refractivity contribution in [1.82, 2.24) is 0 Å². The number of nitrogens with zero attached hydrogens (tertiary/aromatic N) is 2. The van der Waals surface area contributed by atoms with E-state index in [1.165, 1.54) is 0 Å². The van der Waals surface area contributed by atoms with Gasteiger partial charge in [-0.05, 0) is 48.9 Å². The first-order valence-corrected chi connectivity index (χ1v) is 5.77. The summed E-state index contributed by atoms with van der Waals surface area (Å²) in [6.07, 6.45) is 0. The Bertz CT molecular complexity index is 591. The highest BCUT2D eigenvalue weighted by molar-refractivity contribution is 6.30. The monoisotopic (exact) mass is 260 g/mol. The van der Waals surface area contributed by atoms with Gasteiger partial charge in [-0.2, -0.15) is 5.11 Å². The van der Waals surface area contributed by atoms with Crippen LogP contribution in [0.25, 0.3) is 0 Å². The van der Waals surface area contributed by atoms with E-state index in [1.807, 2.05) is 13.0 Å². The molecule has 0 saturated heterocycles. The molecule has 2 rings (SSSR count). The maximum atomic E-state index is 5.82. The van der Waals surface area contributed by atoms with Crippen molar-refractivity contribution in [2.75, 3.05) is 11.5 Å². The predicted octanol–water partition coefficient (Wildman–Crippen LogP) is 4.23. The standard InChI is InChI=1S/C13H13ClN4/c1-8-6-13(12(16)7-11(8)15)18-17-10-4-2-9(14)3-5-10/h2-7H,15-16H2,1H3. The van der Waals surface area contributed by atoms with Crippen LogP contribution in [0.2, 0.25) is 5.02 Å². The van der Waals surface area contributed by atoms with E-state index in [0.29, 0.717) is 27.8 Å². The van der Waals surface area contributed by atoms with Gasteiger partial charge in [0, 0.05) is 10.7 Å². The van der Waals surface area contributed by atoms with Crippen LogP contribution >= 0.6 is 11.6 Å². The van der Waals surface area contributed by atoms with Gasteiger partial charge >= 0.3 is 0 Å². The molecule has 92 valence electrons. The lowest BCUT2D eigenvalue weighted by Gasteiger charge is -2.04. The van der Waals surface area contributed by atoms with E-state index in [-0.39, 0.29) is 0 Å². The normalized spacial score (nSPS) is 11.0. The highest BCUT2D eigenvalue weighted by atomic mass is 35.5. The molecule has 0 radical (unpaired) electrons. The summed E-state index contributed by atoms with van der Waals surface area (Å²) in [6.45, 7) is 1.90. The number of hydrogen-bond donors (Lipinski definition) is 2. The van der Waals surface area contributed by atoms with Gasteiger partial charge in [0.1, 0.15) is 5.69 Å². The molecule has 0 aliphatic rings. The summed E-state index contributed by atoms with van der Waals surface area (Å²) >= 11 is 5.79. The zero-order chi connectivity index (χ0) is 13.1. The lowest BCUT2D eigenvalue weighted by molar-refractivity contribution is 1.23. The van der Waals surface area contributed by atoms with E-state index in [9.17, 15) is 0 Å². The topological polar surface area (TPSA) is 76.8 Å². The molecule has 0 spiro atoms. The summed E-state index contributed by atoms with van der Waals surface area (Å²) in [5.41, 5.74) is 15.0. The number of benzene rings is 2. The summed E-state index contributed by atoms with van der Waals surface area (Å²) in [5.74, 6) is 0. The predicted molar refractivity (Wildman–Crippen MR) is 75.6 cm³/mol. The Balaban J connectivity index is 2.28. The van der Waals surface area contributed by atoms with Crippen LogP contribution in [-0.4, -0.2) is 0 Å². The number of hydrogen-bond acceptors (Lipinski definition) is 4. The second-order valence-corrected chi connectivity index (χ2v) is 4.38. The molecular weight excluding hydrogens is 248 g/mol. The molecule has 0 heterocycles. The molecule has 18 heavy (non-hydrogen) atoms. The van der Waals surface area contributed by atoms with Crippen LogP contribution < -0.4 is 11.5 Å². The second kappa shape index (κ2) is 5.06. The molecule has 2 aromatic rings. The number of nitrogen functional groups attached to an aromatic ring is 2. The molecule has 0 aliphatic heterocycles. The van der Waals surface area contributed by atoms with Crippen LogP contribution in [0.5, 0.6) is 0 Å². The summed E-state index contributed by atoms with van der Waals surface area (Å²) < 4.78 is 0. The Morgan fingerprint density at radius 3 is 2.28 bits per heavy atom. The Morgan fingerprint density at radius 1 is 0.944 bits per heavy atom. The van der Waals surface area contributed by atoms with Crippen LogP contribution in [0.1, 0.15) is 5.56 Å². The number of rotatable bonds is 2. The van der Waals surface area contributed by atoms with Crippen molar-refractivity contribution in [2.24, 2.45) is 10.2 Å². The Hall–Kier alpha value is -2.07. The fourth-order valence-electron chi connectivity index (χ4n) is 1.43. The number of anilines is 2. The number of azo groups is 1. The van der Waals surface area contributed by atoms with E-state index >= 15 is 0 Å². The molecule has 0 aliphatic carbocycles. The Kier molecular flexibility index (Phi) is 3.48. The van der Waals surface area contributed by atoms with Gasteiger partial charge in [0.25, 0.3) is 0 Å².